The first-order chi connectivity index (χ1) is 11.2. The second-order valence-corrected chi connectivity index (χ2v) is 6.97. The van der Waals surface area contributed by atoms with Crippen LogP contribution in [0.3, 0.4) is 0 Å². The van der Waals surface area contributed by atoms with Crippen LogP contribution in [0.1, 0.15) is 0 Å². The van der Waals surface area contributed by atoms with E-state index in [4.69, 9.17) is 10.5 Å². The van der Waals surface area contributed by atoms with E-state index >= 15 is 0 Å². The lowest BCUT2D eigenvalue weighted by Gasteiger charge is -2.04. The van der Waals surface area contributed by atoms with Gasteiger partial charge < -0.3 is 10.5 Å². The number of benzene rings is 1. The Morgan fingerprint density at radius 3 is 2.74 bits per heavy atom. The van der Waals surface area contributed by atoms with Crippen LogP contribution in [0.25, 0.3) is 31.4 Å². The van der Waals surface area contributed by atoms with Gasteiger partial charge in [-0.15, -0.1) is 22.7 Å². The zero-order valence-corrected chi connectivity index (χ0v) is 13.9. The third-order valence-corrected chi connectivity index (χ3v) is 5.70. The summed E-state index contributed by atoms with van der Waals surface area (Å²) in [6, 6.07) is 13.9. The van der Waals surface area contributed by atoms with E-state index in [0.717, 1.165) is 21.5 Å². The van der Waals surface area contributed by atoms with Gasteiger partial charge in [-0.2, -0.15) is 0 Å². The van der Waals surface area contributed by atoms with Gasteiger partial charge in [-0.1, -0.05) is 18.2 Å². The third kappa shape index (κ3) is 2.56. The molecule has 0 aliphatic heterocycles. The number of nitrogens with zero attached hydrogens (tertiary/aromatic N) is 2. The summed E-state index contributed by atoms with van der Waals surface area (Å²) < 4.78 is 6.19. The van der Waals surface area contributed by atoms with Gasteiger partial charge in [0.2, 0.25) is 0 Å². The van der Waals surface area contributed by atoms with Gasteiger partial charge in [0.15, 0.2) is 5.82 Å². The fourth-order valence-corrected chi connectivity index (χ4v) is 4.21. The predicted molar refractivity (Wildman–Crippen MR) is 97.1 cm³/mol. The number of fused-ring (bicyclic) bond motifs is 1. The van der Waals surface area contributed by atoms with Crippen LogP contribution in [0.5, 0.6) is 5.75 Å². The van der Waals surface area contributed by atoms with Crippen LogP contribution in [-0.2, 0) is 0 Å². The largest absolute Gasteiger partial charge is 0.497 e. The van der Waals surface area contributed by atoms with Gasteiger partial charge in [0, 0.05) is 15.3 Å². The fraction of sp³-hybridized carbons (Fsp3) is 0.0588. The fourth-order valence-electron chi connectivity index (χ4n) is 2.38. The number of thiophene rings is 2. The molecular formula is C17H13N3OS2. The van der Waals surface area contributed by atoms with Crippen LogP contribution in [0, 0.1) is 0 Å². The number of nitrogens with two attached hydrogens (primary N) is 1. The minimum atomic E-state index is 0.514. The van der Waals surface area contributed by atoms with Crippen LogP contribution < -0.4 is 10.5 Å². The second kappa shape index (κ2) is 5.64. The van der Waals surface area contributed by atoms with E-state index in [2.05, 4.69) is 27.5 Å². The third-order valence-electron chi connectivity index (χ3n) is 3.49. The molecule has 2 N–H and O–H groups in total. The van der Waals surface area contributed by atoms with E-state index in [1.54, 1.807) is 29.8 Å². The Kier molecular flexibility index (Phi) is 3.48. The van der Waals surface area contributed by atoms with Crippen molar-refractivity contribution in [3.63, 3.8) is 0 Å². The van der Waals surface area contributed by atoms with E-state index in [1.807, 2.05) is 30.3 Å². The molecular weight excluding hydrogens is 326 g/mol. The van der Waals surface area contributed by atoms with Crippen molar-refractivity contribution in [2.45, 2.75) is 0 Å². The van der Waals surface area contributed by atoms with Gasteiger partial charge in [-0.25, -0.2) is 9.97 Å². The van der Waals surface area contributed by atoms with Crippen LogP contribution in [-0.4, -0.2) is 17.1 Å². The summed E-state index contributed by atoms with van der Waals surface area (Å²) >= 11 is 3.34. The Hall–Kier alpha value is -2.44. The lowest BCUT2D eigenvalue weighted by atomic mass is 10.2. The molecule has 0 spiro atoms. The first-order valence-electron chi connectivity index (χ1n) is 7.00. The maximum Gasteiger partial charge on any atom is 0.162 e. The predicted octanol–water partition coefficient (Wildman–Crippen LogP) is 4.68. The molecule has 1 aromatic carbocycles. The van der Waals surface area contributed by atoms with Crippen LogP contribution in [0.4, 0.5) is 5.82 Å². The minimum absolute atomic E-state index is 0.514. The highest BCUT2D eigenvalue weighted by molar-refractivity contribution is 7.26. The van der Waals surface area contributed by atoms with E-state index in [9.17, 15) is 0 Å². The Bertz CT molecular complexity index is 977. The zero-order valence-electron chi connectivity index (χ0n) is 12.3. The molecule has 0 unspecified atom stereocenters. The number of nitrogen functional groups attached to an aromatic ring is 1. The number of rotatable bonds is 3. The topological polar surface area (TPSA) is 61.0 Å². The van der Waals surface area contributed by atoms with Gasteiger partial charge in [-0.3, -0.25) is 0 Å². The first-order valence-corrected chi connectivity index (χ1v) is 8.69. The first kappa shape index (κ1) is 14.2. The second-order valence-electron chi connectivity index (χ2n) is 4.97. The highest BCUT2D eigenvalue weighted by atomic mass is 32.1. The van der Waals surface area contributed by atoms with Crippen molar-refractivity contribution in [1.82, 2.24) is 9.97 Å². The molecule has 0 fully saturated rings. The molecule has 4 rings (SSSR count). The molecule has 0 atom stereocenters. The summed E-state index contributed by atoms with van der Waals surface area (Å²) in [6.07, 6.45) is 0. The molecule has 0 amide bonds. The minimum Gasteiger partial charge on any atom is -0.497 e. The van der Waals surface area contributed by atoms with E-state index < -0.39 is 0 Å². The Morgan fingerprint density at radius 1 is 1.04 bits per heavy atom. The number of methoxy groups -OCH3 is 1. The SMILES string of the molecule is COc1cccc(-c2nc(N)c3sc(-c4cccs4)cc3n2)c1. The summed E-state index contributed by atoms with van der Waals surface area (Å²) in [4.78, 5) is 11.5. The van der Waals surface area contributed by atoms with Crippen molar-refractivity contribution in [2.75, 3.05) is 12.8 Å². The van der Waals surface area contributed by atoms with Gasteiger partial charge in [0.05, 0.1) is 17.3 Å². The highest BCUT2D eigenvalue weighted by Crippen LogP contribution is 2.38. The summed E-state index contributed by atoms with van der Waals surface area (Å²) in [5.41, 5.74) is 7.93. The Morgan fingerprint density at radius 2 is 1.96 bits per heavy atom. The van der Waals surface area contributed by atoms with Gasteiger partial charge >= 0.3 is 0 Å². The molecule has 4 nitrogen and oxygen atoms in total. The van der Waals surface area contributed by atoms with Gasteiger partial charge in [0.25, 0.3) is 0 Å². The molecule has 23 heavy (non-hydrogen) atoms. The molecule has 0 saturated carbocycles. The monoisotopic (exact) mass is 339 g/mol. The number of aromatic nitrogens is 2. The van der Waals surface area contributed by atoms with Crippen molar-refractivity contribution >= 4 is 38.7 Å². The summed E-state index contributed by atoms with van der Waals surface area (Å²) in [5.74, 6) is 1.90. The van der Waals surface area contributed by atoms with Crippen molar-refractivity contribution < 1.29 is 4.74 Å². The van der Waals surface area contributed by atoms with Crippen molar-refractivity contribution in [3.05, 3.63) is 47.8 Å². The molecule has 0 aliphatic carbocycles. The van der Waals surface area contributed by atoms with Crippen molar-refractivity contribution in [2.24, 2.45) is 0 Å². The highest BCUT2D eigenvalue weighted by Gasteiger charge is 2.13. The maximum absolute atomic E-state index is 6.16. The molecule has 0 radical (unpaired) electrons. The number of hydrogen-bond donors (Lipinski definition) is 1. The van der Waals surface area contributed by atoms with E-state index in [1.165, 1.54) is 9.75 Å². The van der Waals surface area contributed by atoms with Crippen LogP contribution >= 0.6 is 22.7 Å². The molecule has 3 aromatic heterocycles. The number of ether oxygens (including phenoxy) is 1. The molecule has 0 aliphatic rings. The average Bonchev–Trinajstić information content (AvgIpc) is 3.24. The van der Waals surface area contributed by atoms with Crippen LogP contribution in [0.2, 0.25) is 0 Å². The normalized spacial score (nSPS) is 11.0. The molecule has 4 aromatic rings. The average molecular weight is 339 g/mol. The Labute approximate surface area is 141 Å². The summed E-state index contributed by atoms with van der Waals surface area (Å²) in [7, 11) is 1.64. The lowest BCUT2D eigenvalue weighted by Crippen LogP contribution is -1.96. The Balaban J connectivity index is 1.86. The van der Waals surface area contributed by atoms with Crippen LogP contribution in [0.15, 0.2) is 47.8 Å². The van der Waals surface area contributed by atoms with Crippen molar-refractivity contribution in [3.8, 4) is 26.9 Å². The quantitative estimate of drug-likeness (QED) is 0.589. The summed E-state index contributed by atoms with van der Waals surface area (Å²) in [6.45, 7) is 0. The standard InChI is InChI=1S/C17H13N3OS2/c1-21-11-5-2-4-10(8-11)17-19-12-9-14(13-6-3-7-22-13)23-15(12)16(18)20-17/h2-9H,1H3,(H2,18,19,20). The smallest absolute Gasteiger partial charge is 0.162 e. The molecule has 6 heteroatoms. The molecule has 3 heterocycles. The van der Waals surface area contributed by atoms with Gasteiger partial charge in [0.1, 0.15) is 11.6 Å². The number of hydrogen-bond acceptors (Lipinski definition) is 6. The maximum atomic E-state index is 6.16. The van der Waals surface area contributed by atoms with Gasteiger partial charge in [-0.05, 0) is 29.6 Å². The lowest BCUT2D eigenvalue weighted by molar-refractivity contribution is 0.415. The zero-order chi connectivity index (χ0) is 15.8. The molecule has 0 saturated heterocycles. The molecule has 114 valence electrons. The number of anilines is 1. The van der Waals surface area contributed by atoms with E-state index in [0.29, 0.717) is 11.6 Å². The van der Waals surface area contributed by atoms with Crippen molar-refractivity contribution in [1.29, 1.82) is 0 Å². The molecule has 0 bridgehead atoms. The summed E-state index contributed by atoms with van der Waals surface area (Å²) in [5, 5.41) is 2.07. The van der Waals surface area contributed by atoms with E-state index in [-0.39, 0.29) is 0 Å².